The first kappa shape index (κ1) is 14.6. The van der Waals surface area contributed by atoms with E-state index in [9.17, 15) is 0 Å². The maximum Gasteiger partial charge on any atom is 0.0475 e. The fourth-order valence-electron chi connectivity index (χ4n) is 1.40. The lowest BCUT2D eigenvalue weighted by molar-refractivity contribution is 0.381. The Kier molecular flexibility index (Phi) is 10.6. The van der Waals surface area contributed by atoms with Crippen LogP contribution >= 0.6 is 20.4 Å². The minimum atomic E-state index is -0.776. The molecule has 0 aromatic carbocycles. The number of rotatable bonds is 9. The van der Waals surface area contributed by atoms with E-state index in [2.05, 4.69) is 32.8 Å². The Morgan fingerprint density at radius 2 is 1.93 bits per heavy atom. The molecule has 14 heavy (non-hydrogen) atoms. The molecule has 0 bridgehead atoms. The second-order valence-electron chi connectivity index (χ2n) is 3.73. The van der Waals surface area contributed by atoms with Crippen molar-refractivity contribution in [2.24, 2.45) is 0 Å². The lowest BCUT2D eigenvalue weighted by Crippen LogP contribution is -1.98. The molecule has 2 unspecified atom stereocenters. The first-order valence-corrected chi connectivity index (χ1v) is 7.97. The Morgan fingerprint density at radius 1 is 1.29 bits per heavy atom. The van der Waals surface area contributed by atoms with Gasteiger partial charge in [-0.05, 0) is 38.9 Å². The lowest BCUT2D eigenvalue weighted by Gasteiger charge is -2.15. The Bertz CT molecular complexity index is 150. The van der Waals surface area contributed by atoms with Crippen LogP contribution in [-0.4, -0.2) is 24.3 Å². The summed E-state index contributed by atoms with van der Waals surface area (Å²) in [5, 5.41) is 0. The average molecular weight is 236 g/mol. The van der Waals surface area contributed by atoms with Crippen LogP contribution in [0.1, 0.15) is 46.0 Å². The Hall–Kier alpha value is 0.610. The van der Waals surface area contributed by atoms with Crippen LogP contribution in [0.3, 0.4) is 0 Å². The van der Waals surface area contributed by atoms with Crippen molar-refractivity contribution in [2.75, 3.05) is 12.4 Å². The summed E-state index contributed by atoms with van der Waals surface area (Å²) < 4.78 is 5.56. The van der Waals surface area contributed by atoms with Gasteiger partial charge in [0.15, 0.2) is 0 Å². The van der Waals surface area contributed by atoms with Gasteiger partial charge >= 0.3 is 0 Å². The van der Waals surface area contributed by atoms with E-state index >= 15 is 0 Å². The van der Waals surface area contributed by atoms with Crippen LogP contribution in [0, 0.1) is 0 Å². The SMILES string of the molecule is C=[PH](OCC)C(C)CCCCCCS. The molecule has 2 atom stereocenters. The Labute approximate surface area is 95.5 Å². The normalized spacial score (nSPS) is 15.4. The molecular formula is C11H25OPS. The van der Waals surface area contributed by atoms with E-state index in [-0.39, 0.29) is 0 Å². The highest BCUT2D eigenvalue weighted by molar-refractivity contribution is 7.80. The zero-order chi connectivity index (χ0) is 10.8. The first-order chi connectivity index (χ1) is 6.72. The van der Waals surface area contributed by atoms with Crippen LogP contribution in [-0.2, 0) is 4.52 Å². The van der Waals surface area contributed by atoms with Gasteiger partial charge in [0.2, 0.25) is 0 Å². The highest BCUT2D eigenvalue weighted by Gasteiger charge is 2.04. The van der Waals surface area contributed by atoms with Crippen molar-refractivity contribution in [3.63, 3.8) is 0 Å². The number of unbranched alkanes of at least 4 members (excludes halogenated alkanes) is 3. The van der Waals surface area contributed by atoms with Crippen LogP contribution in [0.2, 0.25) is 0 Å². The van der Waals surface area contributed by atoms with Gasteiger partial charge in [0.1, 0.15) is 0 Å². The second kappa shape index (κ2) is 10.1. The summed E-state index contributed by atoms with van der Waals surface area (Å²) in [6.45, 7) is 5.15. The molecule has 0 rings (SSSR count). The van der Waals surface area contributed by atoms with Crippen molar-refractivity contribution in [3.05, 3.63) is 0 Å². The molecule has 0 saturated heterocycles. The fraction of sp³-hybridized carbons (Fsp3) is 0.909. The highest BCUT2D eigenvalue weighted by Crippen LogP contribution is 2.31. The van der Waals surface area contributed by atoms with Gasteiger partial charge in [-0.2, -0.15) is 12.6 Å². The van der Waals surface area contributed by atoms with Gasteiger partial charge in [-0.1, -0.05) is 32.5 Å². The number of thiol groups is 1. The van der Waals surface area contributed by atoms with Gasteiger partial charge in [0.25, 0.3) is 0 Å². The monoisotopic (exact) mass is 236 g/mol. The molecule has 86 valence electrons. The van der Waals surface area contributed by atoms with Crippen LogP contribution in [0.5, 0.6) is 0 Å². The molecule has 0 amide bonds. The molecule has 0 aliphatic carbocycles. The summed E-state index contributed by atoms with van der Waals surface area (Å²) in [6, 6.07) is 0. The summed E-state index contributed by atoms with van der Waals surface area (Å²) in [7, 11) is -0.776. The predicted molar refractivity (Wildman–Crippen MR) is 73.5 cm³/mol. The number of hydrogen-bond acceptors (Lipinski definition) is 2. The van der Waals surface area contributed by atoms with E-state index < -0.39 is 7.77 Å². The summed E-state index contributed by atoms with van der Waals surface area (Å²) >= 11 is 4.20. The molecule has 0 aromatic rings. The lowest BCUT2D eigenvalue weighted by atomic mass is 10.1. The smallest absolute Gasteiger partial charge is 0.0475 e. The fourth-order valence-corrected chi connectivity index (χ4v) is 2.81. The average Bonchev–Trinajstić information content (AvgIpc) is 2.17. The van der Waals surface area contributed by atoms with Gasteiger partial charge in [-0.3, -0.25) is 0 Å². The van der Waals surface area contributed by atoms with E-state index in [4.69, 9.17) is 4.52 Å². The van der Waals surface area contributed by atoms with Gasteiger partial charge in [0.05, 0.1) is 0 Å². The molecular weight excluding hydrogens is 211 g/mol. The van der Waals surface area contributed by atoms with E-state index in [1.54, 1.807) is 0 Å². The van der Waals surface area contributed by atoms with Crippen molar-refractivity contribution in [1.29, 1.82) is 0 Å². The third-order valence-corrected chi connectivity index (χ3v) is 4.79. The van der Waals surface area contributed by atoms with Gasteiger partial charge in [-0.15, -0.1) is 0 Å². The van der Waals surface area contributed by atoms with E-state index in [1.807, 2.05) is 0 Å². The molecule has 0 spiro atoms. The molecule has 1 nitrogen and oxygen atoms in total. The molecule has 0 saturated carbocycles. The Morgan fingerprint density at radius 3 is 2.50 bits per heavy atom. The largest absolute Gasteiger partial charge is 0.365 e. The van der Waals surface area contributed by atoms with Crippen LogP contribution < -0.4 is 0 Å². The van der Waals surface area contributed by atoms with E-state index in [0.29, 0.717) is 5.66 Å². The molecule has 0 heterocycles. The van der Waals surface area contributed by atoms with E-state index in [1.165, 1.54) is 32.1 Å². The maximum atomic E-state index is 5.56. The Balaban J connectivity index is 3.34. The third-order valence-electron chi connectivity index (χ3n) is 2.42. The number of hydrogen-bond donors (Lipinski definition) is 1. The van der Waals surface area contributed by atoms with Crippen LogP contribution in [0.25, 0.3) is 0 Å². The highest BCUT2D eigenvalue weighted by atomic mass is 32.1. The van der Waals surface area contributed by atoms with Crippen molar-refractivity contribution in [1.82, 2.24) is 0 Å². The molecule has 0 aliphatic rings. The minimum absolute atomic E-state index is 0.691. The zero-order valence-corrected chi connectivity index (χ0v) is 11.5. The van der Waals surface area contributed by atoms with Gasteiger partial charge in [0, 0.05) is 6.61 Å². The minimum Gasteiger partial charge on any atom is -0.365 e. The predicted octanol–water partition coefficient (Wildman–Crippen LogP) is 3.85. The molecule has 0 fully saturated rings. The molecule has 0 aromatic heterocycles. The third kappa shape index (κ3) is 7.96. The summed E-state index contributed by atoms with van der Waals surface area (Å²) in [6.07, 6.45) is 10.6. The maximum absolute atomic E-state index is 5.56. The van der Waals surface area contributed by atoms with Gasteiger partial charge in [-0.25, -0.2) is 0 Å². The van der Waals surface area contributed by atoms with Crippen LogP contribution in [0.15, 0.2) is 0 Å². The quantitative estimate of drug-likeness (QED) is 0.363. The van der Waals surface area contributed by atoms with Crippen molar-refractivity contribution < 1.29 is 4.52 Å². The van der Waals surface area contributed by atoms with E-state index in [0.717, 1.165) is 12.4 Å². The molecule has 0 N–H and O–H groups in total. The van der Waals surface area contributed by atoms with Gasteiger partial charge < -0.3 is 4.52 Å². The zero-order valence-electron chi connectivity index (χ0n) is 9.59. The topological polar surface area (TPSA) is 9.23 Å². The summed E-state index contributed by atoms with van der Waals surface area (Å²) in [4.78, 5) is 0. The second-order valence-corrected chi connectivity index (χ2v) is 6.38. The van der Waals surface area contributed by atoms with Crippen molar-refractivity contribution >= 4 is 26.7 Å². The molecule has 0 aliphatic heterocycles. The van der Waals surface area contributed by atoms with Crippen molar-refractivity contribution in [3.8, 4) is 0 Å². The summed E-state index contributed by atoms with van der Waals surface area (Å²) in [5.41, 5.74) is 0.691. The standard InChI is InChI=1S/C11H25OPS/c1-4-12-13(3)11(2)9-7-5-6-8-10-14/h11,13-14H,3-10H2,1-2H3. The molecule has 3 heteroatoms. The molecule has 0 radical (unpaired) electrons. The van der Waals surface area contributed by atoms with Crippen LogP contribution in [0.4, 0.5) is 0 Å². The first-order valence-electron chi connectivity index (χ1n) is 5.64. The summed E-state index contributed by atoms with van der Waals surface area (Å²) in [5.74, 6) is 1.03. The van der Waals surface area contributed by atoms with Crippen molar-refractivity contribution in [2.45, 2.75) is 51.6 Å².